The zero-order chi connectivity index (χ0) is 10.1. The smallest absolute Gasteiger partial charge is 0.545 e. The Morgan fingerprint density at radius 2 is 1.67 bits per heavy atom. The quantitative estimate of drug-likeness (QED) is 0.567. The van der Waals surface area contributed by atoms with Crippen molar-refractivity contribution in [3.63, 3.8) is 0 Å². The summed E-state index contributed by atoms with van der Waals surface area (Å²) in [5.41, 5.74) is 0.0957. The van der Waals surface area contributed by atoms with Gasteiger partial charge in [0.2, 0.25) is 0 Å². The van der Waals surface area contributed by atoms with Crippen LogP contribution in [0.15, 0.2) is 36.4 Å². The van der Waals surface area contributed by atoms with Crippen molar-refractivity contribution in [2.75, 3.05) is 0 Å². The third kappa shape index (κ3) is 2.41. The minimum Gasteiger partial charge on any atom is -0.545 e. The van der Waals surface area contributed by atoms with Gasteiger partial charge in [-0.3, -0.25) is 0 Å². The largest absolute Gasteiger partial charge is 1.00 e. The van der Waals surface area contributed by atoms with Crippen LogP contribution >= 0.6 is 0 Å². The van der Waals surface area contributed by atoms with Gasteiger partial charge in [-0.1, -0.05) is 24.3 Å². The van der Waals surface area contributed by atoms with Crippen molar-refractivity contribution < 1.29 is 66.4 Å². The van der Waals surface area contributed by atoms with Gasteiger partial charge in [-0.25, -0.2) is 0 Å². The van der Waals surface area contributed by atoms with Gasteiger partial charge in [0.1, 0.15) is 5.75 Å². The zero-order valence-electron chi connectivity index (χ0n) is 8.23. The van der Waals surface area contributed by atoms with E-state index in [1.807, 2.05) is 0 Å². The van der Waals surface area contributed by atoms with Crippen molar-refractivity contribution in [1.82, 2.24) is 0 Å². The molecule has 0 unspecified atom stereocenters. The molecule has 15 heavy (non-hydrogen) atoms. The van der Waals surface area contributed by atoms with Crippen molar-refractivity contribution in [2.24, 2.45) is 0 Å². The number of hydrogen-bond donors (Lipinski definition) is 1. The molecule has 0 aliphatic carbocycles. The first-order chi connectivity index (χ1) is 6.70. The molecule has 0 fully saturated rings. The van der Waals surface area contributed by atoms with Crippen LogP contribution < -0.4 is 56.5 Å². The Balaban J connectivity index is 0.00000112. The minimum atomic E-state index is -1.23. The van der Waals surface area contributed by atoms with Gasteiger partial charge in [0.05, 0.1) is 5.97 Å². The molecule has 0 saturated heterocycles. The van der Waals surface area contributed by atoms with Gasteiger partial charge in [-0.2, -0.15) is 0 Å². The molecule has 2 rings (SSSR count). The van der Waals surface area contributed by atoms with Gasteiger partial charge in [0.25, 0.3) is 0 Å². The monoisotopic (exact) mass is 226 g/mol. The van der Waals surface area contributed by atoms with E-state index in [1.165, 1.54) is 12.1 Å². The predicted octanol–water partition coefficient (Wildman–Crippen LogP) is -2.09. The standard InChI is InChI=1S/C11H8O3.K/c12-10-6-5-9(11(13)14)7-3-1-2-4-8(7)10;/h1-6,12H,(H,13,14);/q;+1/p-1. The molecule has 0 aromatic heterocycles. The van der Waals surface area contributed by atoms with Gasteiger partial charge < -0.3 is 15.0 Å². The molecule has 2 aromatic carbocycles. The molecule has 2 aromatic rings. The summed E-state index contributed by atoms with van der Waals surface area (Å²) in [5.74, 6) is -1.16. The summed E-state index contributed by atoms with van der Waals surface area (Å²) in [4.78, 5) is 10.7. The molecular formula is C11H7KO3. The molecule has 0 spiro atoms. The number of aromatic carboxylic acids is 1. The second-order valence-corrected chi connectivity index (χ2v) is 2.97. The number of phenols is 1. The Hall–Kier alpha value is -0.394. The van der Waals surface area contributed by atoms with Crippen LogP contribution in [0.5, 0.6) is 5.75 Å². The van der Waals surface area contributed by atoms with Crippen molar-refractivity contribution >= 4 is 16.7 Å². The molecule has 0 atom stereocenters. The van der Waals surface area contributed by atoms with E-state index in [9.17, 15) is 15.0 Å². The van der Waals surface area contributed by atoms with E-state index in [2.05, 4.69) is 0 Å². The molecular weight excluding hydrogens is 219 g/mol. The topological polar surface area (TPSA) is 60.4 Å². The van der Waals surface area contributed by atoms with Crippen LogP contribution in [0.25, 0.3) is 10.8 Å². The molecule has 0 heterocycles. The number of carbonyl (C=O) groups is 1. The summed E-state index contributed by atoms with van der Waals surface area (Å²) in [6, 6.07) is 9.45. The van der Waals surface area contributed by atoms with Gasteiger partial charge in [0, 0.05) is 10.9 Å². The Kier molecular flexibility index (Phi) is 4.30. The number of hydrogen-bond acceptors (Lipinski definition) is 3. The van der Waals surface area contributed by atoms with E-state index in [1.54, 1.807) is 24.3 Å². The second kappa shape index (κ2) is 5.09. The Morgan fingerprint density at radius 1 is 1.07 bits per heavy atom. The number of carboxylic acids is 1. The molecule has 0 radical (unpaired) electrons. The first-order valence-electron chi connectivity index (χ1n) is 4.12. The predicted molar refractivity (Wildman–Crippen MR) is 49.9 cm³/mol. The molecule has 0 bridgehead atoms. The van der Waals surface area contributed by atoms with Crippen LogP contribution in [-0.2, 0) is 0 Å². The Morgan fingerprint density at radius 3 is 2.27 bits per heavy atom. The van der Waals surface area contributed by atoms with E-state index in [0.29, 0.717) is 10.8 Å². The molecule has 0 amide bonds. The molecule has 0 aliphatic heterocycles. The van der Waals surface area contributed by atoms with Gasteiger partial charge >= 0.3 is 51.4 Å². The number of carboxylic acid groups (broad SMARTS) is 1. The third-order valence-corrected chi connectivity index (χ3v) is 2.12. The van der Waals surface area contributed by atoms with E-state index in [-0.39, 0.29) is 62.7 Å². The maximum atomic E-state index is 10.7. The average molecular weight is 226 g/mol. The number of fused-ring (bicyclic) bond motifs is 1. The van der Waals surface area contributed by atoms with Crippen LogP contribution in [0.1, 0.15) is 10.4 Å². The maximum Gasteiger partial charge on any atom is 1.00 e. The minimum absolute atomic E-state index is 0. The molecule has 3 nitrogen and oxygen atoms in total. The van der Waals surface area contributed by atoms with Crippen molar-refractivity contribution in [2.45, 2.75) is 0 Å². The first kappa shape index (κ1) is 12.7. The van der Waals surface area contributed by atoms with Crippen LogP contribution in [0.3, 0.4) is 0 Å². The van der Waals surface area contributed by atoms with Crippen molar-refractivity contribution in [3.05, 3.63) is 42.0 Å². The summed E-state index contributed by atoms with van der Waals surface area (Å²) in [7, 11) is 0. The van der Waals surface area contributed by atoms with Crippen molar-refractivity contribution in [1.29, 1.82) is 0 Å². The normalized spacial score (nSPS) is 9.60. The molecule has 1 N–H and O–H groups in total. The SMILES string of the molecule is O=C([O-])c1ccc(O)c2ccccc12.[K+]. The Bertz CT molecular complexity index is 508. The summed E-state index contributed by atoms with van der Waals surface area (Å²) in [5, 5.41) is 21.2. The van der Waals surface area contributed by atoms with Crippen LogP contribution in [0.4, 0.5) is 0 Å². The number of rotatable bonds is 1. The van der Waals surface area contributed by atoms with Crippen molar-refractivity contribution in [3.8, 4) is 5.75 Å². The maximum absolute atomic E-state index is 10.7. The molecule has 0 aliphatic rings. The Labute approximate surface area is 129 Å². The summed E-state index contributed by atoms with van der Waals surface area (Å²) < 4.78 is 0. The average Bonchev–Trinajstić information content (AvgIpc) is 2.18. The van der Waals surface area contributed by atoms with E-state index in [0.717, 1.165) is 0 Å². The van der Waals surface area contributed by atoms with E-state index in [4.69, 9.17) is 0 Å². The number of phenolic OH excluding ortho intramolecular Hbond substituents is 1. The van der Waals surface area contributed by atoms with Crippen LogP contribution in [0.2, 0.25) is 0 Å². The summed E-state index contributed by atoms with van der Waals surface area (Å²) >= 11 is 0. The van der Waals surface area contributed by atoms with E-state index >= 15 is 0 Å². The fourth-order valence-electron chi connectivity index (χ4n) is 1.46. The van der Waals surface area contributed by atoms with Crippen LogP contribution in [0, 0.1) is 0 Å². The zero-order valence-corrected chi connectivity index (χ0v) is 11.4. The first-order valence-corrected chi connectivity index (χ1v) is 4.12. The van der Waals surface area contributed by atoms with Gasteiger partial charge in [0.15, 0.2) is 0 Å². The fourth-order valence-corrected chi connectivity index (χ4v) is 1.46. The van der Waals surface area contributed by atoms with Crippen LogP contribution in [-0.4, -0.2) is 11.1 Å². The fraction of sp³-hybridized carbons (Fsp3) is 0. The molecule has 4 heteroatoms. The third-order valence-electron chi connectivity index (χ3n) is 2.12. The van der Waals surface area contributed by atoms with Gasteiger partial charge in [-0.15, -0.1) is 0 Å². The van der Waals surface area contributed by atoms with Gasteiger partial charge in [-0.05, 0) is 17.5 Å². The number of aromatic hydroxyl groups is 1. The molecule has 70 valence electrons. The second-order valence-electron chi connectivity index (χ2n) is 2.97. The molecule has 0 saturated carbocycles. The number of benzene rings is 2. The summed E-state index contributed by atoms with van der Waals surface area (Å²) in [6.45, 7) is 0. The number of carbonyl (C=O) groups excluding carboxylic acids is 1. The van der Waals surface area contributed by atoms with E-state index < -0.39 is 5.97 Å². The summed E-state index contributed by atoms with van der Waals surface area (Å²) in [6.07, 6.45) is 0.